The summed E-state index contributed by atoms with van der Waals surface area (Å²) in [5.41, 5.74) is 0. The van der Waals surface area contributed by atoms with E-state index in [0.717, 1.165) is 12.1 Å². The van der Waals surface area contributed by atoms with E-state index in [9.17, 15) is 0 Å². The SMILES string of the molecule is C.CN1CC2CCC(C1)N2C. The molecule has 0 aromatic carbocycles. The molecule has 2 atom stereocenters. The van der Waals surface area contributed by atoms with Crippen LogP contribution < -0.4 is 0 Å². The molecule has 11 heavy (non-hydrogen) atoms. The summed E-state index contributed by atoms with van der Waals surface area (Å²) in [5.74, 6) is 0. The first kappa shape index (κ1) is 9.01. The number of piperazine rings is 1. The van der Waals surface area contributed by atoms with E-state index in [4.69, 9.17) is 0 Å². The number of likely N-dealkylation sites (N-methyl/N-ethyl adjacent to an activating group) is 2. The number of likely N-dealkylation sites (tertiary alicyclic amines) is 1. The summed E-state index contributed by atoms with van der Waals surface area (Å²) < 4.78 is 0. The average Bonchev–Trinajstić information content (AvgIpc) is 2.20. The third kappa shape index (κ3) is 1.42. The van der Waals surface area contributed by atoms with E-state index < -0.39 is 0 Å². The van der Waals surface area contributed by atoms with Gasteiger partial charge in [0.15, 0.2) is 0 Å². The molecule has 2 saturated heterocycles. The lowest BCUT2D eigenvalue weighted by Crippen LogP contribution is -2.50. The molecule has 2 rings (SSSR count). The van der Waals surface area contributed by atoms with Gasteiger partial charge in [0.25, 0.3) is 0 Å². The van der Waals surface area contributed by atoms with Gasteiger partial charge < -0.3 is 4.90 Å². The monoisotopic (exact) mass is 156 g/mol. The molecule has 0 radical (unpaired) electrons. The zero-order valence-corrected chi connectivity index (χ0v) is 6.88. The van der Waals surface area contributed by atoms with Crippen LogP contribution in [0.15, 0.2) is 0 Å². The van der Waals surface area contributed by atoms with Gasteiger partial charge in [-0.25, -0.2) is 0 Å². The Balaban J connectivity index is 0.000000605. The molecule has 2 unspecified atom stereocenters. The zero-order valence-electron chi connectivity index (χ0n) is 6.88. The Bertz CT molecular complexity index is 122. The minimum atomic E-state index is 0. The van der Waals surface area contributed by atoms with Gasteiger partial charge in [0.05, 0.1) is 0 Å². The fourth-order valence-corrected chi connectivity index (χ4v) is 2.32. The average molecular weight is 156 g/mol. The van der Waals surface area contributed by atoms with Crippen molar-refractivity contribution in [2.75, 3.05) is 27.2 Å². The molecule has 0 saturated carbocycles. The minimum Gasteiger partial charge on any atom is -0.303 e. The van der Waals surface area contributed by atoms with Crippen LogP contribution in [0.1, 0.15) is 20.3 Å². The van der Waals surface area contributed by atoms with Gasteiger partial charge in [0.1, 0.15) is 0 Å². The normalized spacial score (nSPS) is 38.7. The first-order valence-electron chi connectivity index (χ1n) is 4.18. The smallest absolute Gasteiger partial charge is 0.0224 e. The van der Waals surface area contributed by atoms with E-state index in [1.165, 1.54) is 25.9 Å². The Morgan fingerprint density at radius 2 is 1.45 bits per heavy atom. The second-order valence-corrected chi connectivity index (χ2v) is 3.77. The molecule has 0 aromatic rings. The van der Waals surface area contributed by atoms with Crippen molar-refractivity contribution in [3.05, 3.63) is 0 Å². The van der Waals surface area contributed by atoms with Crippen LogP contribution in [0.2, 0.25) is 0 Å². The summed E-state index contributed by atoms with van der Waals surface area (Å²) >= 11 is 0. The van der Waals surface area contributed by atoms with Crippen molar-refractivity contribution >= 4 is 0 Å². The molecular weight excluding hydrogens is 136 g/mol. The van der Waals surface area contributed by atoms with E-state index in [-0.39, 0.29) is 7.43 Å². The fraction of sp³-hybridized carbons (Fsp3) is 1.00. The Morgan fingerprint density at radius 1 is 1.00 bits per heavy atom. The molecule has 0 N–H and O–H groups in total. The first-order valence-corrected chi connectivity index (χ1v) is 4.18. The molecule has 0 aliphatic carbocycles. The first-order chi connectivity index (χ1) is 4.77. The molecule has 2 fully saturated rings. The van der Waals surface area contributed by atoms with Crippen molar-refractivity contribution in [1.82, 2.24) is 9.80 Å². The Morgan fingerprint density at radius 3 is 1.91 bits per heavy atom. The summed E-state index contributed by atoms with van der Waals surface area (Å²) in [6, 6.07) is 1.73. The van der Waals surface area contributed by atoms with Crippen LogP contribution in [0.3, 0.4) is 0 Å². The van der Waals surface area contributed by atoms with Crippen LogP contribution in [0.25, 0.3) is 0 Å². The van der Waals surface area contributed by atoms with Crippen LogP contribution in [-0.2, 0) is 0 Å². The number of hydrogen-bond donors (Lipinski definition) is 0. The highest BCUT2D eigenvalue weighted by atomic mass is 15.3. The van der Waals surface area contributed by atoms with E-state index in [2.05, 4.69) is 23.9 Å². The van der Waals surface area contributed by atoms with Crippen LogP contribution in [0.4, 0.5) is 0 Å². The van der Waals surface area contributed by atoms with E-state index in [0.29, 0.717) is 0 Å². The second-order valence-electron chi connectivity index (χ2n) is 3.77. The van der Waals surface area contributed by atoms with Crippen LogP contribution >= 0.6 is 0 Å². The molecule has 0 spiro atoms. The van der Waals surface area contributed by atoms with E-state index in [1.807, 2.05) is 0 Å². The topological polar surface area (TPSA) is 6.48 Å². The lowest BCUT2D eigenvalue weighted by molar-refractivity contribution is 0.107. The van der Waals surface area contributed by atoms with Gasteiger partial charge in [0, 0.05) is 25.2 Å². The van der Waals surface area contributed by atoms with Crippen LogP contribution in [0.5, 0.6) is 0 Å². The lowest BCUT2D eigenvalue weighted by Gasteiger charge is -2.36. The molecule has 66 valence electrons. The van der Waals surface area contributed by atoms with Crippen molar-refractivity contribution in [1.29, 1.82) is 0 Å². The molecule has 2 bridgehead atoms. The van der Waals surface area contributed by atoms with Gasteiger partial charge in [-0.05, 0) is 26.9 Å². The lowest BCUT2D eigenvalue weighted by atomic mass is 10.2. The van der Waals surface area contributed by atoms with Crippen molar-refractivity contribution in [3.8, 4) is 0 Å². The summed E-state index contributed by atoms with van der Waals surface area (Å²) in [6.07, 6.45) is 2.84. The Labute approximate surface area is 70.2 Å². The second kappa shape index (κ2) is 3.11. The molecular formula is C9H20N2. The molecule has 2 aliphatic rings. The summed E-state index contributed by atoms with van der Waals surface area (Å²) in [7, 11) is 4.51. The van der Waals surface area contributed by atoms with Gasteiger partial charge in [-0.15, -0.1) is 0 Å². The standard InChI is InChI=1S/C8H16N2.CH4/c1-9-5-7-3-4-8(6-9)10(7)2;/h7-8H,3-6H2,1-2H3;1H4. The Kier molecular flexibility index (Phi) is 2.55. The molecule has 2 aliphatic heterocycles. The highest BCUT2D eigenvalue weighted by molar-refractivity contribution is 4.92. The van der Waals surface area contributed by atoms with Gasteiger partial charge in [-0.2, -0.15) is 0 Å². The maximum atomic E-state index is 2.56. The predicted molar refractivity (Wildman–Crippen MR) is 48.8 cm³/mol. The Hall–Kier alpha value is -0.0800. The third-order valence-corrected chi connectivity index (χ3v) is 3.03. The molecule has 0 amide bonds. The number of hydrogen-bond acceptors (Lipinski definition) is 2. The van der Waals surface area contributed by atoms with Crippen molar-refractivity contribution in [3.63, 3.8) is 0 Å². The maximum Gasteiger partial charge on any atom is 0.0224 e. The summed E-state index contributed by atoms with van der Waals surface area (Å²) in [5, 5.41) is 0. The van der Waals surface area contributed by atoms with Gasteiger partial charge in [0.2, 0.25) is 0 Å². The highest BCUT2D eigenvalue weighted by Crippen LogP contribution is 2.27. The number of rotatable bonds is 0. The number of fused-ring (bicyclic) bond motifs is 2. The zero-order chi connectivity index (χ0) is 7.14. The fourth-order valence-electron chi connectivity index (χ4n) is 2.32. The highest BCUT2D eigenvalue weighted by Gasteiger charge is 2.35. The van der Waals surface area contributed by atoms with Crippen molar-refractivity contribution < 1.29 is 0 Å². The third-order valence-electron chi connectivity index (χ3n) is 3.03. The van der Waals surface area contributed by atoms with E-state index >= 15 is 0 Å². The minimum absolute atomic E-state index is 0. The number of nitrogens with zero attached hydrogens (tertiary/aromatic N) is 2. The predicted octanol–water partition coefficient (Wildman–Crippen LogP) is 1.03. The largest absolute Gasteiger partial charge is 0.303 e. The molecule has 2 heterocycles. The summed E-state index contributed by atoms with van der Waals surface area (Å²) in [6.45, 7) is 2.57. The van der Waals surface area contributed by atoms with E-state index in [1.54, 1.807) is 0 Å². The van der Waals surface area contributed by atoms with Crippen molar-refractivity contribution in [2.24, 2.45) is 0 Å². The quantitative estimate of drug-likeness (QED) is 0.517. The summed E-state index contributed by atoms with van der Waals surface area (Å²) in [4.78, 5) is 5.02. The van der Waals surface area contributed by atoms with Crippen LogP contribution in [-0.4, -0.2) is 49.1 Å². The molecule has 2 nitrogen and oxygen atoms in total. The maximum absolute atomic E-state index is 2.56. The van der Waals surface area contributed by atoms with Crippen molar-refractivity contribution in [2.45, 2.75) is 32.4 Å². The molecule has 0 aromatic heterocycles. The van der Waals surface area contributed by atoms with Gasteiger partial charge in [-0.1, -0.05) is 7.43 Å². The van der Waals surface area contributed by atoms with Crippen LogP contribution in [0, 0.1) is 0 Å². The van der Waals surface area contributed by atoms with Gasteiger partial charge >= 0.3 is 0 Å². The van der Waals surface area contributed by atoms with Gasteiger partial charge in [-0.3, -0.25) is 4.90 Å². The molecule has 2 heteroatoms.